The Labute approximate surface area is 224 Å². The van der Waals surface area contributed by atoms with Crippen molar-refractivity contribution in [3.05, 3.63) is 125 Å². The summed E-state index contributed by atoms with van der Waals surface area (Å²) in [6.07, 6.45) is 3.24. The maximum Gasteiger partial charge on any atom is 0.238 e. The van der Waals surface area contributed by atoms with Gasteiger partial charge in [0.25, 0.3) is 0 Å². The van der Waals surface area contributed by atoms with E-state index in [2.05, 4.69) is 4.98 Å². The summed E-state index contributed by atoms with van der Waals surface area (Å²) >= 11 is 5.90. The van der Waals surface area contributed by atoms with E-state index in [9.17, 15) is 21.6 Å². The van der Waals surface area contributed by atoms with Crippen LogP contribution in [0.25, 0.3) is 0 Å². The number of pyridine rings is 1. The van der Waals surface area contributed by atoms with E-state index in [4.69, 9.17) is 17.4 Å². The first-order valence-electron chi connectivity index (χ1n) is 11.4. The summed E-state index contributed by atoms with van der Waals surface area (Å²) in [5.74, 6) is -1.80. The zero-order valence-corrected chi connectivity index (χ0v) is 21.6. The number of halogens is 3. The molecule has 3 aromatic carbocycles. The summed E-state index contributed by atoms with van der Waals surface area (Å²) in [6.45, 7) is 0.488. The van der Waals surface area contributed by atoms with Gasteiger partial charge in [0.2, 0.25) is 10.0 Å². The van der Waals surface area contributed by atoms with E-state index in [0.717, 1.165) is 17.2 Å². The van der Waals surface area contributed by atoms with Crippen molar-refractivity contribution in [1.29, 1.82) is 0 Å². The molecule has 1 aromatic heterocycles. The summed E-state index contributed by atoms with van der Waals surface area (Å²) in [5, 5.41) is 5.52. The number of nitrogens with two attached hydrogens (primary N) is 1. The van der Waals surface area contributed by atoms with Crippen molar-refractivity contribution in [3.63, 3.8) is 0 Å². The standard InChI is InChI=1S/C27H23F3N4O2S2/c28-22-4-1-19(2-5-22)17-34(24-7-9-25(10-8-24)38(31,35)36)27(37)33(16-20-11-13-32-14-12-20)18-21-3-6-23(29)15-26(21)30/h1-15H,16-18H2,(H2,31,35,36). The predicted octanol–water partition coefficient (Wildman–Crippen LogP) is 5.14. The molecule has 0 aliphatic carbocycles. The number of thiocarbonyl (C=S) groups is 1. The average molecular weight is 557 g/mol. The molecule has 1 heterocycles. The van der Waals surface area contributed by atoms with Crippen LogP contribution in [0.15, 0.2) is 96.2 Å². The molecule has 0 fully saturated rings. The average Bonchev–Trinajstić information content (AvgIpc) is 2.89. The quantitative estimate of drug-likeness (QED) is 0.303. The van der Waals surface area contributed by atoms with Gasteiger partial charge in [-0.1, -0.05) is 18.2 Å². The molecule has 11 heteroatoms. The largest absolute Gasteiger partial charge is 0.340 e. The number of hydrogen-bond donors (Lipinski definition) is 1. The van der Waals surface area contributed by atoms with Crippen molar-refractivity contribution < 1.29 is 21.6 Å². The molecule has 4 rings (SSSR count). The third-order valence-corrected chi connectivity index (χ3v) is 7.14. The topological polar surface area (TPSA) is 79.5 Å². The highest BCUT2D eigenvalue weighted by Gasteiger charge is 2.22. The molecule has 0 bridgehead atoms. The Balaban J connectivity index is 1.74. The molecule has 0 atom stereocenters. The maximum atomic E-state index is 14.6. The molecule has 0 spiro atoms. The summed E-state index contributed by atoms with van der Waals surface area (Å²) < 4.78 is 65.3. The van der Waals surface area contributed by atoms with Crippen molar-refractivity contribution >= 4 is 33.0 Å². The van der Waals surface area contributed by atoms with Gasteiger partial charge in [-0.25, -0.2) is 26.7 Å². The van der Waals surface area contributed by atoms with E-state index in [-0.39, 0.29) is 35.2 Å². The summed E-state index contributed by atoms with van der Waals surface area (Å²) in [6, 6.07) is 18.6. The first-order chi connectivity index (χ1) is 18.1. The highest BCUT2D eigenvalue weighted by atomic mass is 32.2. The van der Waals surface area contributed by atoms with E-state index in [0.29, 0.717) is 5.69 Å². The molecule has 0 unspecified atom stereocenters. The fourth-order valence-electron chi connectivity index (χ4n) is 3.78. The lowest BCUT2D eigenvalue weighted by Crippen LogP contribution is -2.42. The lowest BCUT2D eigenvalue weighted by atomic mass is 10.1. The van der Waals surface area contributed by atoms with Crippen molar-refractivity contribution in [2.45, 2.75) is 24.5 Å². The molecular formula is C27H23F3N4O2S2. The Bertz CT molecular complexity index is 1520. The van der Waals surface area contributed by atoms with Crippen LogP contribution in [-0.4, -0.2) is 23.4 Å². The van der Waals surface area contributed by atoms with Crippen molar-refractivity contribution in [2.24, 2.45) is 5.14 Å². The molecule has 6 nitrogen and oxygen atoms in total. The summed E-state index contributed by atoms with van der Waals surface area (Å²) in [5.41, 5.74) is 2.33. The normalized spacial score (nSPS) is 11.3. The van der Waals surface area contributed by atoms with Crippen molar-refractivity contribution in [2.75, 3.05) is 4.90 Å². The number of aromatic nitrogens is 1. The minimum absolute atomic E-state index is 0.0163. The van der Waals surface area contributed by atoms with Gasteiger partial charge in [0.15, 0.2) is 5.11 Å². The van der Waals surface area contributed by atoms with Gasteiger partial charge in [-0.3, -0.25) is 4.98 Å². The van der Waals surface area contributed by atoms with Gasteiger partial charge < -0.3 is 9.80 Å². The van der Waals surface area contributed by atoms with Crippen LogP contribution in [0.1, 0.15) is 16.7 Å². The number of hydrogen-bond acceptors (Lipinski definition) is 4. The SMILES string of the molecule is NS(=O)(=O)c1ccc(N(Cc2ccc(F)cc2)C(=S)N(Cc2ccncc2)Cc2ccc(F)cc2F)cc1. The van der Waals surface area contributed by atoms with Gasteiger partial charge in [-0.2, -0.15) is 0 Å². The molecule has 2 N–H and O–H groups in total. The lowest BCUT2D eigenvalue weighted by Gasteiger charge is -2.34. The number of benzene rings is 3. The molecule has 0 radical (unpaired) electrons. The minimum atomic E-state index is -3.92. The van der Waals surface area contributed by atoms with Gasteiger partial charge in [0, 0.05) is 42.8 Å². The monoisotopic (exact) mass is 556 g/mol. The molecule has 0 aliphatic heterocycles. The fourth-order valence-corrected chi connectivity index (χ4v) is 4.60. The van der Waals surface area contributed by atoms with Crippen LogP contribution < -0.4 is 10.0 Å². The van der Waals surface area contributed by atoms with E-state index in [1.54, 1.807) is 58.6 Å². The highest BCUT2D eigenvalue weighted by molar-refractivity contribution is 7.89. The zero-order valence-electron chi connectivity index (χ0n) is 20.0. The molecular weight excluding hydrogens is 533 g/mol. The number of primary sulfonamides is 1. The second-order valence-electron chi connectivity index (χ2n) is 8.48. The van der Waals surface area contributed by atoms with Crippen LogP contribution in [0.5, 0.6) is 0 Å². The minimum Gasteiger partial charge on any atom is -0.340 e. The smallest absolute Gasteiger partial charge is 0.238 e. The zero-order chi connectivity index (χ0) is 27.3. The van der Waals surface area contributed by atoms with Crippen LogP contribution in [-0.2, 0) is 29.7 Å². The van der Waals surface area contributed by atoms with Crippen LogP contribution in [0.3, 0.4) is 0 Å². The Morgan fingerprint density at radius 1 is 0.789 bits per heavy atom. The van der Waals surface area contributed by atoms with E-state index in [1.807, 2.05) is 0 Å². The molecule has 0 amide bonds. The number of sulfonamides is 1. The Morgan fingerprint density at radius 2 is 1.39 bits per heavy atom. The first-order valence-corrected chi connectivity index (χ1v) is 13.3. The van der Waals surface area contributed by atoms with Crippen LogP contribution in [0, 0.1) is 17.5 Å². The van der Waals surface area contributed by atoms with Crippen LogP contribution in [0.2, 0.25) is 0 Å². The van der Waals surface area contributed by atoms with Gasteiger partial charge in [0.05, 0.1) is 11.4 Å². The maximum absolute atomic E-state index is 14.6. The van der Waals surface area contributed by atoms with Crippen LogP contribution >= 0.6 is 12.2 Å². The third kappa shape index (κ3) is 6.94. The van der Waals surface area contributed by atoms with Gasteiger partial charge >= 0.3 is 0 Å². The lowest BCUT2D eigenvalue weighted by molar-refractivity contribution is 0.395. The van der Waals surface area contributed by atoms with Gasteiger partial charge in [-0.15, -0.1) is 0 Å². The van der Waals surface area contributed by atoms with E-state index >= 15 is 0 Å². The van der Waals surface area contributed by atoms with E-state index < -0.39 is 27.5 Å². The number of nitrogens with zero attached hydrogens (tertiary/aromatic N) is 3. The van der Waals surface area contributed by atoms with Gasteiger partial charge in [0.1, 0.15) is 17.5 Å². The number of anilines is 1. The molecule has 4 aromatic rings. The molecule has 38 heavy (non-hydrogen) atoms. The third-order valence-electron chi connectivity index (χ3n) is 5.73. The first kappa shape index (κ1) is 27.2. The molecule has 0 saturated carbocycles. The number of rotatable bonds is 8. The summed E-state index contributed by atoms with van der Waals surface area (Å²) in [4.78, 5) is 7.41. The Morgan fingerprint density at radius 3 is 2.00 bits per heavy atom. The second kappa shape index (κ2) is 11.7. The summed E-state index contributed by atoms with van der Waals surface area (Å²) in [7, 11) is -3.92. The Hall–Kier alpha value is -3.80. The van der Waals surface area contributed by atoms with Crippen molar-refractivity contribution in [3.8, 4) is 0 Å². The molecule has 196 valence electrons. The molecule has 0 saturated heterocycles. The van der Waals surface area contributed by atoms with E-state index in [1.165, 1.54) is 36.4 Å². The Kier molecular flexibility index (Phi) is 8.40. The fraction of sp³-hybridized carbons (Fsp3) is 0.111. The van der Waals surface area contributed by atoms with Crippen molar-refractivity contribution in [1.82, 2.24) is 9.88 Å². The highest BCUT2D eigenvalue weighted by Crippen LogP contribution is 2.24. The molecule has 0 aliphatic rings. The van der Waals surface area contributed by atoms with Crippen LogP contribution in [0.4, 0.5) is 18.9 Å². The van der Waals surface area contributed by atoms with Gasteiger partial charge in [-0.05, 0) is 77.9 Å². The predicted molar refractivity (Wildman–Crippen MR) is 143 cm³/mol. The second-order valence-corrected chi connectivity index (χ2v) is 10.4.